The number of rotatable bonds is 6. The number of fused-ring (bicyclic) bond motifs is 1. The van der Waals surface area contributed by atoms with Crippen LogP contribution in [0, 0.1) is 12.7 Å². The Morgan fingerprint density at radius 1 is 1.00 bits per heavy atom. The van der Waals surface area contributed by atoms with Crippen molar-refractivity contribution in [3.8, 4) is 11.3 Å². The molecule has 0 unspecified atom stereocenters. The molecule has 6 nitrogen and oxygen atoms in total. The first-order valence-electron chi connectivity index (χ1n) is 12.0. The summed E-state index contributed by atoms with van der Waals surface area (Å²) < 4.78 is 25.2. The molecule has 2 heterocycles. The van der Waals surface area contributed by atoms with Gasteiger partial charge in [-0.2, -0.15) is 0 Å². The molecule has 5 rings (SSSR count). The predicted molar refractivity (Wildman–Crippen MR) is 137 cm³/mol. The van der Waals surface area contributed by atoms with Crippen LogP contribution in [0.2, 0.25) is 0 Å². The van der Waals surface area contributed by atoms with Crippen molar-refractivity contribution in [2.75, 3.05) is 32.8 Å². The van der Waals surface area contributed by atoms with Crippen LogP contribution in [0.5, 0.6) is 0 Å². The number of benzene rings is 3. The molecular weight excluding hydrogens is 459 g/mol. The van der Waals surface area contributed by atoms with E-state index in [2.05, 4.69) is 10.2 Å². The number of carbonyl (C=O) groups excluding carboxylic acids is 1. The summed E-state index contributed by atoms with van der Waals surface area (Å²) in [5.41, 5.74) is 2.56. The number of hydrogen-bond donors (Lipinski definition) is 1. The van der Waals surface area contributed by atoms with E-state index < -0.39 is 0 Å². The van der Waals surface area contributed by atoms with E-state index in [9.17, 15) is 14.0 Å². The molecule has 1 saturated heterocycles. The molecule has 1 aliphatic heterocycles. The maximum atomic E-state index is 13.6. The van der Waals surface area contributed by atoms with Crippen LogP contribution in [0.3, 0.4) is 0 Å². The molecule has 1 atom stereocenters. The molecule has 0 aliphatic carbocycles. The number of halogens is 1. The highest BCUT2D eigenvalue weighted by atomic mass is 19.1. The normalized spacial score (nSPS) is 15.1. The Kier molecular flexibility index (Phi) is 6.93. The van der Waals surface area contributed by atoms with Gasteiger partial charge in [0.25, 0.3) is 5.91 Å². The van der Waals surface area contributed by atoms with Crippen LogP contribution < -0.4 is 10.7 Å². The molecular formula is C29H27FN2O4. The second-order valence-corrected chi connectivity index (χ2v) is 8.86. The Morgan fingerprint density at radius 3 is 2.44 bits per heavy atom. The van der Waals surface area contributed by atoms with Gasteiger partial charge < -0.3 is 14.5 Å². The third-order valence-corrected chi connectivity index (χ3v) is 6.62. The van der Waals surface area contributed by atoms with Gasteiger partial charge in [-0.05, 0) is 36.8 Å². The van der Waals surface area contributed by atoms with Crippen molar-refractivity contribution in [1.82, 2.24) is 10.2 Å². The SMILES string of the molecule is Cc1c(-c2ccccc2)oc2c(C(=O)NC[C@@H](c3ccc(F)cc3)N3CCOCC3)cccc2c1=O. The molecule has 1 fully saturated rings. The van der Waals surface area contributed by atoms with Gasteiger partial charge in [0, 0.05) is 30.8 Å². The summed E-state index contributed by atoms with van der Waals surface area (Å²) >= 11 is 0. The lowest BCUT2D eigenvalue weighted by atomic mass is 10.0. The number of para-hydroxylation sites is 1. The van der Waals surface area contributed by atoms with E-state index in [0.717, 1.165) is 11.1 Å². The fourth-order valence-electron chi connectivity index (χ4n) is 4.67. The van der Waals surface area contributed by atoms with E-state index in [0.29, 0.717) is 55.1 Å². The summed E-state index contributed by atoms with van der Waals surface area (Å²) in [7, 11) is 0. The van der Waals surface area contributed by atoms with E-state index in [4.69, 9.17) is 9.15 Å². The van der Waals surface area contributed by atoms with Crippen LogP contribution in [0.4, 0.5) is 4.39 Å². The Balaban J connectivity index is 1.47. The molecule has 0 spiro atoms. The van der Waals surface area contributed by atoms with Crippen molar-refractivity contribution in [2.24, 2.45) is 0 Å². The van der Waals surface area contributed by atoms with E-state index in [1.807, 2.05) is 30.3 Å². The summed E-state index contributed by atoms with van der Waals surface area (Å²) in [6.07, 6.45) is 0. The van der Waals surface area contributed by atoms with Gasteiger partial charge in [-0.1, -0.05) is 48.5 Å². The largest absolute Gasteiger partial charge is 0.455 e. The van der Waals surface area contributed by atoms with Crippen LogP contribution in [-0.2, 0) is 4.74 Å². The third kappa shape index (κ3) is 4.80. The molecule has 36 heavy (non-hydrogen) atoms. The summed E-state index contributed by atoms with van der Waals surface area (Å²) in [6.45, 7) is 4.66. The average molecular weight is 487 g/mol. The van der Waals surface area contributed by atoms with Gasteiger partial charge in [0.2, 0.25) is 0 Å². The van der Waals surface area contributed by atoms with Crippen molar-refractivity contribution in [3.63, 3.8) is 0 Å². The molecule has 1 amide bonds. The number of hydrogen-bond acceptors (Lipinski definition) is 5. The number of amides is 1. The van der Waals surface area contributed by atoms with E-state index in [1.54, 1.807) is 37.3 Å². The number of nitrogens with zero attached hydrogens (tertiary/aromatic N) is 1. The molecule has 7 heteroatoms. The quantitative estimate of drug-likeness (QED) is 0.427. The smallest absolute Gasteiger partial charge is 0.255 e. The lowest BCUT2D eigenvalue weighted by molar-refractivity contribution is 0.0162. The summed E-state index contributed by atoms with van der Waals surface area (Å²) in [5.74, 6) is -0.198. The highest BCUT2D eigenvalue weighted by Crippen LogP contribution is 2.28. The molecule has 1 aromatic heterocycles. The van der Waals surface area contributed by atoms with Crippen LogP contribution >= 0.6 is 0 Å². The molecule has 0 radical (unpaired) electrons. The molecule has 1 N–H and O–H groups in total. The van der Waals surface area contributed by atoms with Gasteiger partial charge in [0.05, 0.1) is 30.2 Å². The monoisotopic (exact) mass is 486 g/mol. The second-order valence-electron chi connectivity index (χ2n) is 8.86. The van der Waals surface area contributed by atoms with E-state index in [1.165, 1.54) is 12.1 Å². The maximum absolute atomic E-state index is 13.6. The van der Waals surface area contributed by atoms with Crippen molar-refractivity contribution >= 4 is 16.9 Å². The maximum Gasteiger partial charge on any atom is 0.255 e. The Bertz CT molecular complexity index is 1430. The zero-order valence-electron chi connectivity index (χ0n) is 20.0. The van der Waals surface area contributed by atoms with Gasteiger partial charge in [-0.25, -0.2) is 4.39 Å². The van der Waals surface area contributed by atoms with Crippen LogP contribution in [0.25, 0.3) is 22.3 Å². The van der Waals surface area contributed by atoms with Crippen molar-refractivity contribution in [2.45, 2.75) is 13.0 Å². The zero-order chi connectivity index (χ0) is 25.1. The fourth-order valence-corrected chi connectivity index (χ4v) is 4.67. The second kappa shape index (κ2) is 10.4. The lowest BCUT2D eigenvalue weighted by Crippen LogP contribution is -2.43. The molecule has 184 valence electrons. The highest BCUT2D eigenvalue weighted by Gasteiger charge is 2.25. The summed E-state index contributed by atoms with van der Waals surface area (Å²) in [5, 5.41) is 3.38. The first-order chi connectivity index (χ1) is 17.5. The Hall–Kier alpha value is -3.81. The van der Waals surface area contributed by atoms with Gasteiger partial charge in [-0.3, -0.25) is 14.5 Å². The van der Waals surface area contributed by atoms with Gasteiger partial charge in [0.1, 0.15) is 11.6 Å². The minimum atomic E-state index is -0.341. The predicted octanol–water partition coefficient (Wildman–Crippen LogP) is 4.71. The van der Waals surface area contributed by atoms with Crippen LogP contribution in [0.15, 0.2) is 82.0 Å². The van der Waals surface area contributed by atoms with Gasteiger partial charge in [0.15, 0.2) is 11.0 Å². The van der Waals surface area contributed by atoms with Gasteiger partial charge >= 0.3 is 0 Å². The van der Waals surface area contributed by atoms with Gasteiger partial charge in [-0.15, -0.1) is 0 Å². The Morgan fingerprint density at radius 2 is 1.72 bits per heavy atom. The van der Waals surface area contributed by atoms with Crippen LogP contribution in [-0.4, -0.2) is 43.7 Å². The van der Waals surface area contributed by atoms with Crippen LogP contribution in [0.1, 0.15) is 27.5 Å². The standard InChI is InChI=1S/C29H27FN2O4/c1-19-26(33)23-8-5-9-24(28(23)36-27(19)21-6-3-2-4-7-21)29(34)31-18-25(32-14-16-35-17-15-32)20-10-12-22(30)13-11-20/h2-13,25H,14-18H2,1H3,(H,31,34)/t25-/m0/s1. The topological polar surface area (TPSA) is 71.8 Å². The first-order valence-corrected chi connectivity index (χ1v) is 12.0. The van der Waals surface area contributed by atoms with Crippen molar-refractivity contribution in [3.05, 3.63) is 106 Å². The summed E-state index contributed by atoms with van der Waals surface area (Å²) in [6, 6.07) is 20.6. The highest BCUT2D eigenvalue weighted by molar-refractivity contribution is 6.05. The Labute approximate surface area is 208 Å². The van der Waals surface area contributed by atoms with Crippen molar-refractivity contribution in [1.29, 1.82) is 0 Å². The first kappa shape index (κ1) is 23.9. The molecule has 3 aromatic carbocycles. The van der Waals surface area contributed by atoms with E-state index >= 15 is 0 Å². The number of morpholine rings is 1. The molecule has 0 saturated carbocycles. The number of carbonyl (C=O) groups is 1. The summed E-state index contributed by atoms with van der Waals surface area (Å²) in [4.78, 5) is 28.8. The molecule has 4 aromatic rings. The fraction of sp³-hybridized carbons (Fsp3) is 0.241. The zero-order valence-corrected chi connectivity index (χ0v) is 20.0. The minimum absolute atomic E-state index is 0.150. The van der Waals surface area contributed by atoms with E-state index in [-0.39, 0.29) is 28.8 Å². The third-order valence-electron chi connectivity index (χ3n) is 6.62. The molecule has 0 bridgehead atoms. The minimum Gasteiger partial charge on any atom is -0.455 e. The number of ether oxygens (including phenoxy) is 1. The van der Waals surface area contributed by atoms with Crippen molar-refractivity contribution < 1.29 is 18.3 Å². The molecule has 1 aliphatic rings. The lowest BCUT2D eigenvalue weighted by Gasteiger charge is -2.35. The average Bonchev–Trinajstić information content (AvgIpc) is 2.92. The number of nitrogens with one attached hydrogen (secondary N) is 1.